The van der Waals surface area contributed by atoms with Crippen LogP contribution in [0.3, 0.4) is 0 Å². The summed E-state index contributed by atoms with van der Waals surface area (Å²) in [6.07, 6.45) is 1.89. The lowest BCUT2D eigenvalue weighted by atomic mass is 10.2. The van der Waals surface area contributed by atoms with Crippen LogP contribution in [-0.2, 0) is 0 Å². The van der Waals surface area contributed by atoms with E-state index in [2.05, 4.69) is 20.7 Å². The molecule has 1 aromatic heterocycles. The Bertz CT molecular complexity index is 598. The Balaban J connectivity index is 1.95. The Morgan fingerprint density at radius 2 is 1.85 bits per heavy atom. The molecular formula is C14H17N5O. The van der Waals surface area contributed by atoms with Crippen molar-refractivity contribution in [2.45, 2.75) is 18.4 Å². The van der Waals surface area contributed by atoms with Crippen LogP contribution in [-0.4, -0.2) is 27.2 Å². The SMILES string of the molecule is NNc1cc(NC2(CO)CC2)nc(-c2ccccc2)n1. The molecule has 1 aliphatic carbocycles. The van der Waals surface area contributed by atoms with Gasteiger partial charge in [-0.15, -0.1) is 0 Å². The van der Waals surface area contributed by atoms with E-state index in [0.29, 0.717) is 17.5 Å². The molecule has 2 aromatic rings. The zero-order chi connectivity index (χ0) is 14.0. The summed E-state index contributed by atoms with van der Waals surface area (Å²) >= 11 is 0. The molecular weight excluding hydrogens is 254 g/mol. The Hall–Kier alpha value is -2.18. The standard InChI is InChI=1S/C14H17N5O/c15-19-12-8-11(18-14(9-20)6-7-14)16-13(17-12)10-4-2-1-3-5-10/h1-5,8,20H,6-7,9,15H2,(H2,16,17,18,19). The topological polar surface area (TPSA) is 96.1 Å². The summed E-state index contributed by atoms with van der Waals surface area (Å²) in [6, 6.07) is 11.4. The molecule has 104 valence electrons. The van der Waals surface area contributed by atoms with E-state index in [4.69, 9.17) is 5.84 Å². The average molecular weight is 271 g/mol. The molecule has 0 saturated heterocycles. The normalized spacial score (nSPS) is 15.7. The van der Waals surface area contributed by atoms with Crippen LogP contribution >= 0.6 is 0 Å². The molecule has 1 heterocycles. The summed E-state index contributed by atoms with van der Waals surface area (Å²) in [5.41, 5.74) is 3.24. The fraction of sp³-hybridized carbons (Fsp3) is 0.286. The number of hydrogen-bond donors (Lipinski definition) is 4. The zero-order valence-corrected chi connectivity index (χ0v) is 11.0. The summed E-state index contributed by atoms with van der Waals surface area (Å²) in [5.74, 6) is 7.26. The molecule has 1 aliphatic rings. The van der Waals surface area contributed by atoms with Gasteiger partial charge >= 0.3 is 0 Å². The molecule has 1 aromatic carbocycles. The molecule has 20 heavy (non-hydrogen) atoms. The smallest absolute Gasteiger partial charge is 0.163 e. The molecule has 5 N–H and O–H groups in total. The van der Waals surface area contributed by atoms with Crippen LogP contribution in [0.4, 0.5) is 11.6 Å². The third kappa shape index (κ3) is 2.56. The summed E-state index contributed by atoms with van der Waals surface area (Å²) in [6.45, 7) is 0.100. The maximum atomic E-state index is 9.38. The van der Waals surface area contributed by atoms with Gasteiger partial charge in [-0.3, -0.25) is 0 Å². The lowest BCUT2D eigenvalue weighted by Crippen LogP contribution is -2.26. The quantitative estimate of drug-likeness (QED) is 0.484. The number of aliphatic hydroxyl groups is 1. The van der Waals surface area contributed by atoms with Gasteiger partial charge in [0.1, 0.15) is 11.6 Å². The van der Waals surface area contributed by atoms with Gasteiger partial charge in [0.05, 0.1) is 12.1 Å². The number of aromatic nitrogens is 2. The van der Waals surface area contributed by atoms with Crippen molar-refractivity contribution in [3.63, 3.8) is 0 Å². The van der Waals surface area contributed by atoms with E-state index in [9.17, 15) is 5.11 Å². The van der Waals surface area contributed by atoms with Crippen LogP contribution in [0, 0.1) is 0 Å². The van der Waals surface area contributed by atoms with E-state index < -0.39 is 0 Å². The van der Waals surface area contributed by atoms with Crippen molar-refractivity contribution in [3.05, 3.63) is 36.4 Å². The van der Waals surface area contributed by atoms with Crippen LogP contribution in [0.25, 0.3) is 11.4 Å². The number of hydrazine groups is 1. The molecule has 0 amide bonds. The minimum atomic E-state index is -0.228. The van der Waals surface area contributed by atoms with Gasteiger partial charge in [0.15, 0.2) is 5.82 Å². The largest absolute Gasteiger partial charge is 0.394 e. The highest BCUT2D eigenvalue weighted by molar-refractivity contribution is 5.61. The number of anilines is 2. The first-order valence-corrected chi connectivity index (χ1v) is 6.55. The number of nitrogens with one attached hydrogen (secondary N) is 2. The number of nitrogen functional groups attached to an aromatic ring is 1. The number of rotatable bonds is 5. The second-order valence-corrected chi connectivity index (χ2v) is 5.04. The Morgan fingerprint density at radius 1 is 1.15 bits per heavy atom. The summed E-state index contributed by atoms with van der Waals surface area (Å²) in [4.78, 5) is 8.84. The predicted octanol–water partition coefficient (Wildman–Crippen LogP) is 1.37. The maximum absolute atomic E-state index is 9.38. The highest BCUT2D eigenvalue weighted by Gasteiger charge is 2.42. The highest BCUT2D eigenvalue weighted by atomic mass is 16.3. The van der Waals surface area contributed by atoms with Crippen molar-refractivity contribution in [1.29, 1.82) is 0 Å². The molecule has 0 atom stereocenters. The van der Waals surface area contributed by atoms with Crippen molar-refractivity contribution in [2.24, 2.45) is 5.84 Å². The average Bonchev–Trinajstić information content (AvgIpc) is 3.28. The molecule has 3 rings (SSSR count). The van der Waals surface area contributed by atoms with E-state index in [0.717, 1.165) is 18.4 Å². The number of nitrogens with two attached hydrogens (primary N) is 1. The minimum absolute atomic E-state index is 0.100. The number of benzene rings is 1. The Kier molecular flexibility index (Phi) is 3.25. The molecule has 0 spiro atoms. The number of aliphatic hydroxyl groups excluding tert-OH is 1. The van der Waals surface area contributed by atoms with Crippen molar-refractivity contribution >= 4 is 11.6 Å². The molecule has 0 radical (unpaired) electrons. The van der Waals surface area contributed by atoms with Gasteiger partial charge in [0, 0.05) is 11.6 Å². The molecule has 6 nitrogen and oxygen atoms in total. The first kappa shape index (κ1) is 12.8. The van der Waals surface area contributed by atoms with Gasteiger partial charge in [-0.05, 0) is 12.8 Å². The van der Waals surface area contributed by atoms with E-state index in [1.807, 2.05) is 30.3 Å². The van der Waals surface area contributed by atoms with Crippen LogP contribution < -0.4 is 16.6 Å². The molecule has 0 unspecified atom stereocenters. The molecule has 1 saturated carbocycles. The van der Waals surface area contributed by atoms with E-state index in [-0.39, 0.29) is 12.1 Å². The van der Waals surface area contributed by atoms with Crippen molar-refractivity contribution in [2.75, 3.05) is 17.3 Å². The molecule has 0 bridgehead atoms. The Labute approximate surface area is 117 Å². The van der Waals surface area contributed by atoms with Crippen molar-refractivity contribution < 1.29 is 5.11 Å². The monoisotopic (exact) mass is 271 g/mol. The third-order valence-corrected chi connectivity index (χ3v) is 3.46. The zero-order valence-electron chi connectivity index (χ0n) is 11.0. The van der Waals surface area contributed by atoms with Crippen LogP contribution in [0.2, 0.25) is 0 Å². The summed E-state index contributed by atoms with van der Waals surface area (Å²) < 4.78 is 0. The third-order valence-electron chi connectivity index (χ3n) is 3.46. The second kappa shape index (κ2) is 5.07. The first-order valence-electron chi connectivity index (χ1n) is 6.55. The van der Waals surface area contributed by atoms with Crippen LogP contribution in [0.1, 0.15) is 12.8 Å². The molecule has 6 heteroatoms. The van der Waals surface area contributed by atoms with Crippen LogP contribution in [0.15, 0.2) is 36.4 Å². The summed E-state index contributed by atoms with van der Waals surface area (Å²) in [7, 11) is 0. The predicted molar refractivity (Wildman–Crippen MR) is 78.0 cm³/mol. The lowest BCUT2D eigenvalue weighted by Gasteiger charge is -2.16. The van der Waals surface area contributed by atoms with Gasteiger partial charge < -0.3 is 15.8 Å². The van der Waals surface area contributed by atoms with Gasteiger partial charge in [-0.25, -0.2) is 15.8 Å². The Morgan fingerprint density at radius 3 is 2.45 bits per heavy atom. The van der Waals surface area contributed by atoms with Crippen molar-refractivity contribution in [1.82, 2.24) is 9.97 Å². The summed E-state index contributed by atoms with van der Waals surface area (Å²) in [5, 5.41) is 12.7. The van der Waals surface area contributed by atoms with Crippen LogP contribution in [0.5, 0.6) is 0 Å². The van der Waals surface area contributed by atoms with Gasteiger partial charge in [0.25, 0.3) is 0 Å². The van der Waals surface area contributed by atoms with E-state index >= 15 is 0 Å². The van der Waals surface area contributed by atoms with E-state index in [1.165, 1.54) is 0 Å². The highest BCUT2D eigenvalue weighted by Crippen LogP contribution is 2.38. The van der Waals surface area contributed by atoms with Gasteiger partial charge in [-0.1, -0.05) is 30.3 Å². The number of nitrogens with zero attached hydrogens (tertiary/aromatic N) is 2. The lowest BCUT2D eigenvalue weighted by molar-refractivity contribution is 0.266. The van der Waals surface area contributed by atoms with E-state index in [1.54, 1.807) is 6.07 Å². The fourth-order valence-electron chi connectivity index (χ4n) is 2.05. The van der Waals surface area contributed by atoms with Gasteiger partial charge in [-0.2, -0.15) is 0 Å². The number of hydrogen-bond acceptors (Lipinski definition) is 6. The molecule has 1 fully saturated rings. The minimum Gasteiger partial charge on any atom is -0.394 e. The fourth-order valence-corrected chi connectivity index (χ4v) is 2.05. The van der Waals surface area contributed by atoms with Crippen molar-refractivity contribution in [3.8, 4) is 11.4 Å². The second-order valence-electron chi connectivity index (χ2n) is 5.04. The molecule has 0 aliphatic heterocycles. The maximum Gasteiger partial charge on any atom is 0.163 e. The first-order chi connectivity index (χ1) is 9.74. The van der Waals surface area contributed by atoms with Gasteiger partial charge in [0.2, 0.25) is 0 Å².